The molecule has 0 fully saturated rings. The number of benzene rings is 2. The van der Waals surface area contributed by atoms with Gasteiger partial charge in [0.25, 0.3) is 0 Å². The SMILES string of the molecule is COc1cc(P(C)(C)=O)ccc1Nc1ncc(Cl)c(Nc2ccccc2-c2cnccn2)n1. The van der Waals surface area contributed by atoms with Crippen LogP contribution >= 0.6 is 18.7 Å². The van der Waals surface area contributed by atoms with Gasteiger partial charge in [-0.1, -0.05) is 29.8 Å². The van der Waals surface area contributed by atoms with Gasteiger partial charge in [0.05, 0.1) is 30.9 Å². The van der Waals surface area contributed by atoms with Crippen LogP contribution in [0.4, 0.5) is 23.1 Å². The molecule has 0 saturated heterocycles. The van der Waals surface area contributed by atoms with E-state index < -0.39 is 7.14 Å². The highest BCUT2D eigenvalue weighted by molar-refractivity contribution is 7.70. The number of halogens is 1. The van der Waals surface area contributed by atoms with Gasteiger partial charge in [-0.3, -0.25) is 9.97 Å². The Morgan fingerprint density at radius 2 is 1.79 bits per heavy atom. The van der Waals surface area contributed by atoms with Gasteiger partial charge in [-0.05, 0) is 37.6 Å². The lowest BCUT2D eigenvalue weighted by molar-refractivity contribution is 0.417. The fourth-order valence-corrected chi connectivity index (χ4v) is 4.13. The molecule has 0 aliphatic carbocycles. The Kier molecular flexibility index (Phi) is 6.58. The van der Waals surface area contributed by atoms with Crippen molar-refractivity contribution in [2.45, 2.75) is 0 Å². The minimum atomic E-state index is -2.42. The lowest BCUT2D eigenvalue weighted by atomic mass is 10.1. The average Bonchev–Trinajstić information content (AvgIpc) is 2.81. The van der Waals surface area contributed by atoms with Crippen LogP contribution in [0.1, 0.15) is 0 Å². The van der Waals surface area contributed by atoms with Crippen molar-refractivity contribution < 1.29 is 9.30 Å². The van der Waals surface area contributed by atoms with Crippen LogP contribution in [-0.2, 0) is 4.57 Å². The summed E-state index contributed by atoms with van der Waals surface area (Å²) in [7, 11) is -0.865. The Morgan fingerprint density at radius 1 is 0.970 bits per heavy atom. The Morgan fingerprint density at radius 3 is 2.52 bits per heavy atom. The number of hydrogen-bond acceptors (Lipinski definition) is 8. The zero-order valence-electron chi connectivity index (χ0n) is 18.3. The van der Waals surface area contributed by atoms with E-state index >= 15 is 0 Å². The number of methoxy groups -OCH3 is 1. The molecule has 2 heterocycles. The molecule has 0 aliphatic rings. The van der Waals surface area contributed by atoms with Gasteiger partial charge in [-0.2, -0.15) is 4.98 Å². The Hall–Kier alpha value is -3.48. The van der Waals surface area contributed by atoms with Gasteiger partial charge in [0.1, 0.15) is 17.9 Å². The first kappa shape index (κ1) is 22.7. The monoisotopic (exact) mass is 480 g/mol. The number of nitrogens with zero attached hydrogens (tertiary/aromatic N) is 4. The van der Waals surface area contributed by atoms with Crippen molar-refractivity contribution in [3.05, 3.63) is 72.3 Å². The Balaban J connectivity index is 1.64. The molecule has 0 spiro atoms. The van der Waals surface area contributed by atoms with Gasteiger partial charge in [-0.15, -0.1) is 0 Å². The maximum absolute atomic E-state index is 12.4. The molecule has 33 heavy (non-hydrogen) atoms. The van der Waals surface area contributed by atoms with Crippen molar-refractivity contribution in [2.75, 3.05) is 31.1 Å². The summed E-state index contributed by atoms with van der Waals surface area (Å²) in [5.41, 5.74) is 2.99. The third kappa shape index (κ3) is 5.30. The molecule has 0 amide bonds. The zero-order valence-corrected chi connectivity index (χ0v) is 19.9. The molecule has 4 aromatic rings. The van der Waals surface area contributed by atoms with Gasteiger partial charge in [-0.25, -0.2) is 4.98 Å². The molecule has 2 N–H and O–H groups in total. The lowest BCUT2D eigenvalue weighted by Crippen LogP contribution is -2.07. The van der Waals surface area contributed by atoms with Crippen LogP contribution in [0.3, 0.4) is 0 Å². The summed E-state index contributed by atoms with van der Waals surface area (Å²) in [6, 6.07) is 13.0. The first-order valence-electron chi connectivity index (χ1n) is 10.0. The molecule has 4 rings (SSSR count). The topological polar surface area (TPSA) is 102 Å². The quantitative estimate of drug-likeness (QED) is 0.342. The summed E-state index contributed by atoms with van der Waals surface area (Å²) < 4.78 is 17.9. The lowest BCUT2D eigenvalue weighted by Gasteiger charge is -2.15. The molecule has 0 aliphatic heterocycles. The van der Waals surface area contributed by atoms with Gasteiger partial charge < -0.3 is 19.9 Å². The normalized spacial score (nSPS) is 11.2. The molecular weight excluding hydrogens is 459 g/mol. The number of ether oxygens (including phenoxy) is 1. The van der Waals surface area contributed by atoms with E-state index in [-0.39, 0.29) is 0 Å². The van der Waals surface area contributed by atoms with Gasteiger partial charge in [0.15, 0.2) is 5.82 Å². The summed E-state index contributed by atoms with van der Waals surface area (Å²) in [4.78, 5) is 17.3. The van der Waals surface area contributed by atoms with Crippen molar-refractivity contribution in [3.8, 4) is 17.0 Å². The molecule has 0 radical (unpaired) electrons. The van der Waals surface area contributed by atoms with Crippen molar-refractivity contribution >= 4 is 47.2 Å². The number of para-hydroxylation sites is 1. The fourth-order valence-electron chi connectivity index (χ4n) is 3.13. The second-order valence-corrected chi connectivity index (χ2v) is 11.1. The predicted molar refractivity (Wildman–Crippen MR) is 133 cm³/mol. The molecule has 0 bridgehead atoms. The fraction of sp³-hybridized carbons (Fsp3) is 0.130. The van der Waals surface area contributed by atoms with Crippen molar-refractivity contribution in [3.63, 3.8) is 0 Å². The standard InChI is InChI=1S/C23H22ClN6O2P/c1-32-21-12-15(33(2,3)31)8-9-19(21)29-23-27-13-17(24)22(30-23)28-18-7-5-4-6-16(18)20-14-25-10-11-26-20/h4-14H,1-3H3,(H2,27,28,29,30). The van der Waals surface area contributed by atoms with E-state index in [1.807, 2.05) is 24.3 Å². The predicted octanol–water partition coefficient (Wildman–Crippen LogP) is 5.33. The molecule has 10 heteroatoms. The maximum atomic E-state index is 12.4. The first-order valence-corrected chi connectivity index (χ1v) is 13.0. The molecule has 168 valence electrons. The molecule has 0 atom stereocenters. The summed E-state index contributed by atoms with van der Waals surface area (Å²) in [5.74, 6) is 1.28. The van der Waals surface area contributed by atoms with Crippen LogP contribution in [0.2, 0.25) is 5.02 Å². The van der Waals surface area contributed by atoms with E-state index in [0.717, 1.165) is 22.2 Å². The van der Waals surface area contributed by atoms with Crippen molar-refractivity contribution in [1.82, 2.24) is 19.9 Å². The highest BCUT2D eigenvalue weighted by Crippen LogP contribution is 2.38. The number of aromatic nitrogens is 4. The number of anilines is 4. The van der Waals surface area contributed by atoms with Crippen molar-refractivity contribution in [1.29, 1.82) is 0 Å². The highest BCUT2D eigenvalue weighted by atomic mass is 35.5. The summed E-state index contributed by atoms with van der Waals surface area (Å²) in [6.07, 6.45) is 6.47. The number of rotatable bonds is 7. The van der Waals surface area contributed by atoms with Gasteiger partial charge in [0, 0.05) is 28.9 Å². The molecule has 2 aromatic carbocycles. The molecule has 0 saturated carbocycles. The van der Waals surface area contributed by atoms with E-state index in [2.05, 4.69) is 30.6 Å². The number of nitrogens with one attached hydrogen (secondary N) is 2. The Bertz CT molecular complexity index is 1330. The third-order valence-corrected chi connectivity index (χ3v) is 6.62. The van der Waals surface area contributed by atoms with Crippen LogP contribution in [0, 0.1) is 0 Å². The molecular formula is C23H22ClN6O2P. The summed E-state index contributed by atoms with van der Waals surface area (Å²) >= 11 is 6.38. The molecule has 8 nitrogen and oxygen atoms in total. The minimum Gasteiger partial charge on any atom is -0.495 e. The van der Waals surface area contributed by atoms with Crippen molar-refractivity contribution in [2.24, 2.45) is 0 Å². The summed E-state index contributed by atoms with van der Waals surface area (Å²) in [6.45, 7) is 3.43. The maximum Gasteiger partial charge on any atom is 0.229 e. The zero-order chi connectivity index (χ0) is 23.4. The van der Waals surface area contributed by atoms with Gasteiger partial charge in [0.2, 0.25) is 5.95 Å². The molecule has 2 aromatic heterocycles. The summed E-state index contributed by atoms with van der Waals surface area (Å²) in [5, 5.41) is 7.49. The number of hydrogen-bond donors (Lipinski definition) is 2. The smallest absolute Gasteiger partial charge is 0.229 e. The second-order valence-electron chi connectivity index (χ2n) is 7.51. The van der Waals surface area contributed by atoms with Crippen LogP contribution < -0.4 is 20.7 Å². The van der Waals surface area contributed by atoms with Crippen LogP contribution in [0.5, 0.6) is 5.75 Å². The van der Waals surface area contributed by atoms with E-state index in [1.54, 1.807) is 57.2 Å². The van der Waals surface area contributed by atoms with E-state index in [4.69, 9.17) is 16.3 Å². The average molecular weight is 481 g/mol. The second kappa shape index (κ2) is 9.57. The van der Waals surface area contributed by atoms with Crippen LogP contribution in [0.25, 0.3) is 11.3 Å². The van der Waals surface area contributed by atoms with E-state index in [9.17, 15) is 4.57 Å². The highest BCUT2D eigenvalue weighted by Gasteiger charge is 2.16. The van der Waals surface area contributed by atoms with Gasteiger partial charge >= 0.3 is 0 Å². The Labute approximate surface area is 196 Å². The first-order chi connectivity index (χ1) is 15.8. The third-order valence-electron chi connectivity index (χ3n) is 4.82. The van der Waals surface area contributed by atoms with E-state index in [0.29, 0.717) is 28.2 Å². The largest absolute Gasteiger partial charge is 0.495 e. The van der Waals surface area contributed by atoms with Crippen LogP contribution in [-0.4, -0.2) is 40.4 Å². The molecule has 0 unspecified atom stereocenters. The van der Waals surface area contributed by atoms with E-state index in [1.165, 1.54) is 6.20 Å². The minimum absolute atomic E-state index is 0.320. The van der Waals surface area contributed by atoms with Crippen LogP contribution in [0.15, 0.2) is 67.3 Å².